The molecule has 0 aliphatic heterocycles. The fourth-order valence-corrected chi connectivity index (χ4v) is 1.48. The summed E-state index contributed by atoms with van der Waals surface area (Å²) in [5.41, 5.74) is 1.50. The molecule has 0 radical (unpaired) electrons. The minimum Gasteiger partial charge on any atom is -0.381 e. The van der Waals surface area contributed by atoms with Crippen LogP contribution >= 0.6 is 0 Å². The Kier molecular flexibility index (Phi) is 6.16. The quantitative estimate of drug-likeness (QED) is 0.753. The van der Waals surface area contributed by atoms with Crippen molar-refractivity contribution in [3.8, 4) is 6.07 Å². The second kappa shape index (κ2) is 7.67. The van der Waals surface area contributed by atoms with E-state index in [1.807, 2.05) is 13.0 Å². The third-order valence-corrected chi connectivity index (χ3v) is 2.36. The van der Waals surface area contributed by atoms with Crippen molar-refractivity contribution in [2.45, 2.75) is 27.2 Å². The van der Waals surface area contributed by atoms with E-state index in [1.54, 1.807) is 6.07 Å². The predicted octanol–water partition coefficient (Wildman–Crippen LogP) is 2.74. The number of hydrogen-bond acceptors (Lipinski definition) is 4. The zero-order valence-corrected chi connectivity index (χ0v) is 11.4. The van der Waals surface area contributed by atoms with E-state index < -0.39 is 0 Å². The van der Waals surface area contributed by atoms with Crippen molar-refractivity contribution in [2.75, 3.05) is 25.1 Å². The van der Waals surface area contributed by atoms with Crippen LogP contribution in [0.25, 0.3) is 0 Å². The Labute approximate surface area is 109 Å². The highest BCUT2D eigenvalue weighted by atomic mass is 16.5. The molecule has 0 aromatic carbocycles. The van der Waals surface area contributed by atoms with Gasteiger partial charge in [0.25, 0.3) is 0 Å². The van der Waals surface area contributed by atoms with E-state index in [4.69, 9.17) is 10.00 Å². The van der Waals surface area contributed by atoms with Gasteiger partial charge in [0.1, 0.15) is 11.9 Å². The van der Waals surface area contributed by atoms with Crippen molar-refractivity contribution in [1.29, 1.82) is 5.26 Å². The van der Waals surface area contributed by atoms with Crippen LogP contribution in [0, 0.1) is 24.2 Å². The second-order valence-electron chi connectivity index (χ2n) is 4.71. The van der Waals surface area contributed by atoms with E-state index >= 15 is 0 Å². The molecule has 1 aromatic rings. The number of pyridine rings is 1. The first-order valence-corrected chi connectivity index (χ1v) is 6.33. The van der Waals surface area contributed by atoms with Crippen molar-refractivity contribution in [3.05, 3.63) is 23.4 Å². The number of aromatic nitrogens is 1. The molecule has 0 unspecified atom stereocenters. The van der Waals surface area contributed by atoms with E-state index in [1.165, 1.54) is 0 Å². The minimum atomic E-state index is 0.571. The van der Waals surface area contributed by atoms with E-state index in [2.05, 4.69) is 30.2 Å². The third-order valence-electron chi connectivity index (χ3n) is 2.36. The molecule has 0 bridgehead atoms. The third kappa shape index (κ3) is 5.15. The van der Waals surface area contributed by atoms with Gasteiger partial charge in [-0.3, -0.25) is 0 Å². The first-order valence-electron chi connectivity index (χ1n) is 6.33. The van der Waals surface area contributed by atoms with Crippen LogP contribution in [0.2, 0.25) is 0 Å². The molecule has 98 valence electrons. The van der Waals surface area contributed by atoms with Crippen LogP contribution in [0.4, 0.5) is 5.82 Å². The lowest BCUT2D eigenvalue weighted by Gasteiger charge is -2.09. The first kappa shape index (κ1) is 14.5. The molecule has 4 heteroatoms. The standard InChI is InChI=1S/C14H21N3O/c1-11(2)10-18-8-4-7-16-14-13(9-15)6-5-12(3)17-14/h5-6,11H,4,7-8,10H2,1-3H3,(H,16,17). The molecule has 0 aliphatic rings. The summed E-state index contributed by atoms with van der Waals surface area (Å²) < 4.78 is 5.49. The van der Waals surface area contributed by atoms with Crippen LogP contribution in [-0.2, 0) is 4.74 Å². The molecule has 1 heterocycles. The van der Waals surface area contributed by atoms with Crippen molar-refractivity contribution in [2.24, 2.45) is 5.92 Å². The Morgan fingerprint density at radius 1 is 1.44 bits per heavy atom. The van der Waals surface area contributed by atoms with Gasteiger partial charge >= 0.3 is 0 Å². The molecule has 0 saturated carbocycles. The van der Waals surface area contributed by atoms with Gasteiger partial charge in [-0.2, -0.15) is 5.26 Å². The van der Waals surface area contributed by atoms with Crippen molar-refractivity contribution in [3.63, 3.8) is 0 Å². The van der Waals surface area contributed by atoms with E-state index in [0.29, 0.717) is 17.3 Å². The van der Waals surface area contributed by atoms with Gasteiger partial charge in [-0.25, -0.2) is 4.98 Å². The monoisotopic (exact) mass is 247 g/mol. The Bertz CT molecular complexity index is 410. The van der Waals surface area contributed by atoms with Crippen LogP contribution in [0.5, 0.6) is 0 Å². The van der Waals surface area contributed by atoms with Crippen molar-refractivity contribution in [1.82, 2.24) is 4.98 Å². The maximum absolute atomic E-state index is 8.96. The number of nitriles is 1. The molecule has 0 saturated heterocycles. The van der Waals surface area contributed by atoms with Gasteiger partial charge in [0.2, 0.25) is 0 Å². The SMILES string of the molecule is Cc1ccc(C#N)c(NCCCOCC(C)C)n1. The molecule has 0 fully saturated rings. The van der Waals surface area contributed by atoms with Gasteiger partial charge in [0, 0.05) is 25.5 Å². The summed E-state index contributed by atoms with van der Waals surface area (Å²) in [5.74, 6) is 1.24. The Morgan fingerprint density at radius 3 is 2.89 bits per heavy atom. The van der Waals surface area contributed by atoms with E-state index in [0.717, 1.165) is 31.9 Å². The Hall–Kier alpha value is -1.60. The van der Waals surface area contributed by atoms with E-state index in [-0.39, 0.29) is 0 Å². The van der Waals surface area contributed by atoms with Crippen LogP contribution in [-0.4, -0.2) is 24.7 Å². The summed E-state index contributed by atoms with van der Waals surface area (Å²) in [6.07, 6.45) is 0.910. The molecule has 4 nitrogen and oxygen atoms in total. The molecule has 18 heavy (non-hydrogen) atoms. The molecular formula is C14H21N3O. The largest absolute Gasteiger partial charge is 0.381 e. The predicted molar refractivity (Wildman–Crippen MR) is 72.5 cm³/mol. The van der Waals surface area contributed by atoms with Gasteiger partial charge in [0.05, 0.1) is 5.56 Å². The molecule has 0 spiro atoms. The highest BCUT2D eigenvalue weighted by Gasteiger charge is 2.02. The van der Waals surface area contributed by atoms with Gasteiger partial charge < -0.3 is 10.1 Å². The molecule has 1 N–H and O–H groups in total. The number of ether oxygens (including phenoxy) is 1. The van der Waals surface area contributed by atoms with Crippen LogP contribution < -0.4 is 5.32 Å². The highest BCUT2D eigenvalue weighted by molar-refractivity contribution is 5.52. The Balaban J connectivity index is 2.31. The Morgan fingerprint density at radius 2 is 2.22 bits per heavy atom. The lowest BCUT2D eigenvalue weighted by Crippen LogP contribution is -2.10. The van der Waals surface area contributed by atoms with Gasteiger partial charge in [-0.15, -0.1) is 0 Å². The normalized spacial score (nSPS) is 10.4. The summed E-state index contributed by atoms with van der Waals surface area (Å²) in [4.78, 5) is 4.32. The number of anilines is 1. The topological polar surface area (TPSA) is 57.9 Å². The fourth-order valence-electron chi connectivity index (χ4n) is 1.48. The summed E-state index contributed by atoms with van der Waals surface area (Å²) >= 11 is 0. The smallest absolute Gasteiger partial charge is 0.144 e. The number of aryl methyl sites for hydroxylation is 1. The lowest BCUT2D eigenvalue weighted by atomic mass is 10.2. The van der Waals surface area contributed by atoms with Crippen LogP contribution in [0.3, 0.4) is 0 Å². The van der Waals surface area contributed by atoms with Gasteiger partial charge in [0.15, 0.2) is 0 Å². The summed E-state index contributed by atoms with van der Waals surface area (Å²) in [6.45, 7) is 8.48. The number of hydrogen-bond donors (Lipinski definition) is 1. The zero-order valence-electron chi connectivity index (χ0n) is 11.4. The molecule has 0 amide bonds. The van der Waals surface area contributed by atoms with Gasteiger partial charge in [-0.1, -0.05) is 13.8 Å². The average molecular weight is 247 g/mol. The van der Waals surface area contributed by atoms with Crippen molar-refractivity contribution >= 4 is 5.82 Å². The minimum absolute atomic E-state index is 0.571. The highest BCUT2D eigenvalue weighted by Crippen LogP contribution is 2.11. The first-order chi connectivity index (χ1) is 8.63. The average Bonchev–Trinajstić information content (AvgIpc) is 2.33. The van der Waals surface area contributed by atoms with Crippen LogP contribution in [0.1, 0.15) is 31.5 Å². The van der Waals surface area contributed by atoms with Crippen LogP contribution in [0.15, 0.2) is 12.1 Å². The fraction of sp³-hybridized carbons (Fsp3) is 0.571. The van der Waals surface area contributed by atoms with Crippen molar-refractivity contribution < 1.29 is 4.74 Å². The number of nitrogens with zero attached hydrogens (tertiary/aromatic N) is 2. The zero-order chi connectivity index (χ0) is 13.4. The van der Waals surface area contributed by atoms with Gasteiger partial charge in [-0.05, 0) is 31.4 Å². The number of nitrogens with one attached hydrogen (secondary N) is 1. The summed E-state index contributed by atoms with van der Waals surface area (Å²) in [6, 6.07) is 5.77. The molecule has 0 aliphatic carbocycles. The maximum Gasteiger partial charge on any atom is 0.144 e. The lowest BCUT2D eigenvalue weighted by molar-refractivity contribution is 0.110. The van der Waals surface area contributed by atoms with E-state index in [9.17, 15) is 0 Å². The molecular weight excluding hydrogens is 226 g/mol. The number of rotatable bonds is 7. The maximum atomic E-state index is 8.96. The summed E-state index contributed by atoms with van der Waals surface area (Å²) in [7, 11) is 0. The molecule has 0 atom stereocenters. The molecule has 1 rings (SSSR count). The molecule has 1 aromatic heterocycles. The second-order valence-corrected chi connectivity index (χ2v) is 4.71. The summed E-state index contributed by atoms with van der Waals surface area (Å²) in [5, 5.41) is 12.1.